The van der Waals surface area contributed by atoms with Gasteiger partial charge in [0.15, 0.2) is 0 Å². The number of benzene rings is 1. The zero-order valence-corrected chi connectivity index (χ0v) is 10.3. The highest BCUT2D eigenvalue weighted by Gasteiger charge is 1.97. The maximum atomic E-state index is 5.67. The summed E-state index contributed by atoms with van der Waals surface area (Å²) in [4.78, 5) is 0. The average Bonchev–Trinajstić information content (AvgIpc) is 2.41. The maximum absolute atomic E-state index is 5.67. The Kier molecular flexibility index (Phi) is 5.05. The van der Waals surface area contributed by atoms with Crippen molar-refractivity contribution < 1.29 is 4.74 Å². The molecule has 1 aliphatic rings. The van der Waals surface area contributed by atoms with Gasteiger partial charge in [-0.05, 0) is 31.2 Å². The van der Waals surface area contributed by atoms with E-state index in [2.05, 4.69) is 42.5 Å². The Bertz CT molecular complexity index is 376. The quantitative estimate of drug-likeness (QED) is 0.671. The van der Waals surface area contributed by atoms with E-state index < -0.39 is 0 Å². The second-order valence-corrected chi connectivity index (χ2v) is 4.36. The van der Waals surface area contributed by atoms with Crippen LogP contribution in [0.5, 0.6) is 0 Å². The summed E-state index contributed by atoms with van der Waals surface area (Å²) in [6.07, 6.45) is 11.2. The van der Waals surface area contributed by atoms with Gasteiger partial charge in [-0.3, -0.25) is 0 Å². The van der Waals surface area contributed by atoms with Crippen LogP contribution < -0.4 is 0 Å². The highest BCUT2D eigenvalue weighted by molar-refractivity contribution is 5.21. The van der Waals surface area contributed by atoms with Crippen molar-refractivity contribution in [3.05, 3.63) is 59.7 Å². The molecule has 0 aromatic heterocycles. The van der Waals surface area contributed by atoms with Gasteiger partial charge in [0, 0.05) is 0 Å². The molecule has 1 aliphatic carbocycles. The number of hydrogen-bond donors (Lipinski definition) is 0. The average molecular weight is 228 g/mol. The van der Waals surface area contributed by atoms with Crippen molar-refractivity contribution in [2.75, 3.05) is 13.2 Å². The lowest BCUT2D eigenvalue weighted by molar-refractivity contribution is 0.140. The van der Waals surface area contributed by atoms with Gasteiger partial charge in [-0.25, -0.2) is 0 Å². The van der Waals surface area contributed by atoms with Gasteiger partial charge >= 0.3 is 0 Å². The topological polar surface area (TPSA) is 9.23 Å². The summed E-state index contributed by atoms with van der Waals surface area (Å²) in [5.41, 5.74) is 2.78. The number of allylic oxidation sites excluding steroid dienone is 3. The van der Waals surface area contributed by atoms with Gasteiger partial charge in [-0.15, -0.1) is 0 Å². The van der Waals surface area contributed by atoms with Gasteiger partial charge in [-0.2, -0.15) is 0 Å². The molecule has 0 N–H and O–H groups in total. The minimum Gasteiger partial charge on any atom is -0.381 e. The van der Waals surface area contributed by atoms with Crippen LogP contribution in [-0.4, -0.2) is 13.2 Å². The molecule has 0 saturated heterocycles. The van der Waals surface area contributed by atoms with Crippen LogP contribution in [-0.2, 0) is 11.2 Å². The van der Waals surface area contributed by atoms with E-state index >= 15 is 0 Å². The molecule has 0 spiro atoms. The standard InChI is InChI=1S/C16H20O/c1-3-7-15(8-4-1)11-13-17-14-12-16-9-5-2-6-10-16/h1,3-5,7-10H,2,6,11-14H2. The Morgan fingerprint density at radius 3 is 2.53 bits per heavy atom. The van der Waals surface area contributed by atoms with Gasteiger partial charge in [0.25, 0.3) is 0 Å². The molecule has 1 nitrogen and oxygen atoms in total. The van der Waals surface area contributed by atoms with Gasteiger partial charge < -0.3 is 4.74 Å². The predicted octanol–water partition coefficient (Wildman–Crippen LogP) is 3.91. The van der Waals surface area contributed by atoms with Crippen molar-refractivity contribution in [2.45, 2.75) is 25.7 Å². The summed E-state index contributed by atoms with van der Waals surface area (Å²) < 4.78 is 5.67. The molecule has 1 heteroatoms. The van der Waals surface area contributed by atoms with E-state index in [0.29, 0.717) is 0 Å². The second kappa shape index (κ2) is 7.08. The molecule has 0 aliphatic heterocycles. The van der Waals surface area contributed by atoms with Crippen molar-refractivity contribution in [3.8, 4) is 0 Å². The van der Waals surface area contributed by atoms with E-state index in [0.717, 1.165) is 26.1 Å². The van der Waals surface area contributed by atoms with Crippen LogP contribution in [0.2, 0.25) is 0 Å². The van der Waals surface area contributed by atoms with Gasteiger partial charge in [0.1, 0.15) is 0 Å². The number of ether oxygens (including phenoxy) is 1. The summed E-state index contributed by atoms with van der Waals surface area (Å²) in [5.74, 6) is 0. The maximum Gasteiger partial charge on any atom is 0.0506 e. The summed E-state index contributed by atoms with van der Waals surface area (Å²) >= 11 is 0. The largest absolute Gasteiger partial charge is 0.381 e. The van der Waals surface area contributed by atoms with Crippen LogP contribution in [0.25, 0.3) is 0 Å². The molecular weight excluding hydrogens is 208 g/mol. The predicted molar refractivity (Wildman–Crippen MR) is 72.0 cm³/mol. The highest BCUT2D eigenvalue weighted by atomic mass is 16.5. The Morgan fingerprint density at radius 1 is 0.941 bits per heavy atom. The molecule has 0 radical (unpaired) electrons. The van der Waals surface area contributed by atoms with E-state index in [4.69, 9.17) is 4.74 Å². The summed E-state index contributed by atoms with van der Waals surface area (Å²) in [5, 5.41) is 0. The van der Waals surface area contributed by atoms with Crippen LogP contribution in [0.1, 0.15) is 24.8 Å². The second-order valence-electron chi connectivity index (χ2n) is 4.36. The molecule has 1 aromatic carbocycles. The molecule has 0 bridgehead atoms. The van der Waals surface area contributed by atoms with Crippen LogP contribution in [0.4, 0.5) is 0 Å². The summed E-state index contributed by atoms with van der Waals surface area (Å²) in [6, 6.07) is 10.5. The molecule has 0 unspecified atom stereocenters. The number of rotatable bonds is 6. The molecule has 0 atom stereocenters. The minimum atomic E-state index is 0.820. The Balaban J connectivity index is 1.58. The smallest absolute Gasteiger partial charge is 0.0506 e. The lowest BCUT2D eigenvalue weighted by atomic mass is 10.1. The highest BCUT2D eigenvalue weighted by Crippen LogP contribution is 2.12. The third kappa shape index (κ3) is 4.58. The Labute approximate surface area is 104 Å². The van der Waals surface area contributed by atoms with Crippen molar-refractivity contribution in [3.63, 3.8) is 0 Å². The molecule has 2 rings (SSSR count). The zero-order valence-electron chi connectivity index (χ0n) is 10.3. The molecule has 0 amide bonds. The van der Waals surface area contributed by atoms with Gasteiger partial charge in [0.2, 0.25) is 0 Å². The van der Waals surface area contributed by atoms with Crippen molar-refractivity contribution in [1.29, 1.82) is 0 Å². The third-order valence-corrected chi connectivity index (χ3v) is 2.98. The summed E-state index contributed by atoms with van der Waals surface area (Å²) in [6.45, 7) is 1.66. The first-order valence-electron chi connectivity index (χ1n) is 6.42. The molecule has 90 valence electrons. The lowest BCUT2D eigenvalue weighted by Crippen LogP contribution is -2.01. The van der Waals surface area contributed by atoms with Crippen molar-refractivity contribution >= 4 is 0 Å². The number of hydrogen-bond acceptors (Lipinski definition) is 1. The first kappa shape index (κ1) is 12.1. The fourth-order valence-electron chi connectivity index (χ4n) is 1.98. The Morgan fingerprint density at radius 2 is 1.76 bits per heavy atom. The van der Waals surface area contributed by atoms with E-state index in [-0.39, 0.29) is 0 Å². The fraction of sp³-hybridized carbons (Fsp3) is 0.375. The Hall–Kier alpha value is -1.34. The van der Waals surface area contributed by atoms with Crippen molar-refractivity contribution in [2.24, 2.45) is 0 Å². The van der Waals surface area contributed by atoms with Crippen molar-refractivity contribution in [1.82, 2.24) is 0 Å². The fourth-order valence-corrected chi connectivity index (χ4v) is 1.98. The minimum absolute atomic E-state index is 0.820. The lowest BCUT2D eigenvalue weighted by Gasteiger charge is -2.07. The molecule has 17 heavy (non-hydrogen) atoms. The van der Waals surface area contributed by atoms with E-state index in [1.807, 2.05) is 6.07 Å². The molecule has 1 aromatic rings. The molecule has 0 fully saturated rings. The molecule has 0 heterocycles. The SMILES string of the molecule is C1=CC(CCOCCc2ccccc2)=CCC1. The van der Waals surface area contributed by atoms with Crippen LogP contribution >= 0.6 is 0 Å². The first-order valence-corrected chi connectivity index (χ1v) is 6.42. The van der Waals surface area contributed by atoms with Crippen LogP contribution in [0, 0.1) is 0 Å². The van der Waals surface area contributed by atoms with E-state index in [9.17, 15) is 0 Å². The molecular formula is C16H20O. The van der Waals surface area contributed by atoms with E-state index in [1.54, 1.807) is 0 Å². The first-order chi connectivity index (χ1) is 8.45. The third-order valence-electron chi connectivity index (χ3n) is 2.98. The normalized spacial score (nSPS) is 14.7. The van der Waals surface area contributed by atoms with E-state index in [1.165, 1.54) is 24.0 Å². The van der Waals surface area contributed by atoms with Crippen LogP contribution in [0.3, 0.4) is 0 Å². The monoisotopic (exact) mass is 228 g/mol. The van der Waals surface area contributed by atoms with Gasteiger partial charge in [0.05, 0.1) is 13.2 Å². The van der Waals surface area contributed by atoms with Crippen LogP contribution in [0.15, 0.2) is 54.1 Å². The molecule has 0 saturated carbocycles. The van der Waals surface area contributed by atoms with Gasteiger partial charge in [-0.1, -0.05) is 54.1 Å². The summed E-state index contributed by atoms with van der Waals surface area (Å²) in [7, 11) is 0. The zero-order chi connectivity index (χ0) is 11.8.